The molecule has 0 aliphatic rings. The Labute approximate surface area is 120 Å². The predicted octanol–water partition coefficient (Wildman–Crippen LogP) is 3.62. The fourth-order valence-corrected chi connectivity index (χ4v) is 1.76. The van der Waals surface area contributed by atoms with Crippen molar-refractivity contribution in [2.75, 3.05) is 0 Å². The van der Waals surface area contributed by atoms with E-state index in [-0.39, 0.29) is 12.4 Å². The molecule has 0 atom stereocenters. The summed E-state index contributed by atoms with van der Waals surface area (Å²) in [6.07, 6.45) is -4.68. The van der Waals surface area contributed by atoms with Gasteiger partial charge in [0.25, 0.3) is 0 Å². The zero-order chi connectivity index (χ0) is 15.3. The van der Waals surface area contributed by atoms with Gasteiger partial charge in [0, 0.05) is 12.1 Å². The van der Waals surface area contributed by atoms with E-state index in [0.29, 0.717) is 12.3 Å². The van der Waals surface area contributed by atoms with Crippen LogP contribution in [-0.4, -0.2) is 6.36 Å². The van der Waals surface area contributed by atoms with Gasteiger partial charge in [0.05, 0.1) is 0 Å². The highest BCUT2D eigenvalue weighted by atomic mass is 19.4. The van der Waals surface area contributed by atoms with Gasteiger partial charge in [-0.3, -0.25) is 0 Å². The molecule has 0 bridgehead atoms. The molecule has 112 valence electrons. The van der Waals surface area contributed by atoms with Crippen molar-refractivity contribution in [3.63, 3.8) is 0 Å². The minimum absolute atomic E-state index is 0.239. The van der Waals surface area contributed by atoms with Crippen molar-refractivity contribution in [1.82, 2.24) is 0 Å². The van der Waals surface area contributed by atoms with Gasteiger partial charge in [0.1, 0.15) is 18.1 Å². The van der Waals surface area contributed by atoms with E-state index in [4.69, 9.17) is 10.5 Å². The molecule has 3 nitrogen and oxygen atoms in total. The summed E-state index contributed by atoms with van der Waals surface area (Å²) in [5.41, 5.74) is 7.20. The van der Waals surface area contributed by atoms with Crippen molar-refractivity contribution in [3.8, 4) is 11.5 Å². The lowest BCUT2D eigenvalue weighted by molar-refractivity contribution is -0.274. The lowest BCUT2D eigenvalue weighted by atomic mass is 10.2. The Morgan fingerprint density at radius 1 is 0.952 bits per heavy atom. The maximum atomic E-state index is 12.0. The largest absolute Gasteiger partial charge is 0.573 e. The minimum atomic E-state index is -4.68. The van der Waals surface area contributed by atoms with Crippen LogP contribution in [0.1, 0.15) is 11.1 Å². The molecule has 2 N–H and O–H groups in total. The van der Waals surface area contributed by atoms with E-state index in [0.717, 1.165) is 11.1 Å². The molecule has 0 radical (unpaired) electrons. The number of alkyl halides is 3. The van der Waals surface area contributed by atoms with Gasteiger partial charge in [0.15, 0.2) is 0 Å². The van der Waals surface area contributed by atoms with Crippen LogP contribution in [0.5, 0.6) is 11.5 Å². The Balaban J connectivity index is 1.98. The Morgan fingerprint density at radius 3 is 2.24 bits per heavy atom. The molecular weight excluding hydrogens is 283 g/mol. The van der Waals surface area contributed by atoms with E-state index >= 15 is 0 Å². The van der Waals surface area contributed by atoms with E-state index in [9.17, 15) is 13.2 Å². The second kappa shape index (κ2) is 6.49. The lowest BCUT2D eigenvalue weighted by Gasteiger charge is -2.11. The van der Waals surface area contributed by atoms with Crippen LogP contribution in [0.25, 0.3) is 0 Å². The number of para-hydroxylation sites is 1. The van der Waals surface area contributed by atoms with Gasteiger partial charge in [-0.25, -0.2) is 0 Å². The number of hydrogen-bond donors (Lipinski definition) is 1. The summed E-state index contributed by atoms with van der Waals surface area (Å²) in [5.74, 6) is 0.407. The highest BCUT2D eigenvalue weighted by Crippen LogP contribution is 2.23. The van der Waals surface area contributed by atoms with Crippen molar-refractivity contribution >= 4 is 0 Å². The van der Waals surface area contributed by atoms with Gasteiger partial charge < -0.3 is 15.2 Å². The lowest BCUT2D eigenvalue weighted by Crippen LogP contribution is -2.17. The zero-order valence-electron chi connectivity index (χ0n) is 11.1. The molecule has 0 aromatic heterocycles. The van der Waals surface area contributed by atoms with Crippen LogP contribution in [-0.2, 0) is 13.2 Å². The highest BCUT2D eigenvalue weighted by Gasteiger charge is 2.30. The second-order valence-electron chi connectivity index (χ2n) is 4.29. The first kappa shape index (κ1) is 15.2. The molecule has 2 aromatic carbocycles. The van der Waals surface area contributed by atoms with Crippen molar-refractivity contribution in [1.29, 1.82) is 0 Å². The number of benzene rings is 2. The molecule has 2 rings (SSSR count). The third-order valence-corrected chi connectivity index (χ3v) is 2.74. The molecule has 0 spiro atoms. The molecule has 0 aliphatic heterocycles. The van der Waals surface area contributed by atoms with Gasteiger partial charge >= 0.3 is 6.36 Å². The van der Waals surface area contributed by atoms with Gasteiger partial charge in [-0.1, -0.05) is 30.3 Å². The third-order valence-electron chi connectivity index (χ3n) is 2.74. The summed E-state index contributed by atoms with van der Waals surface area (Å²) in [5, 5.41) is 0. The molecule has 0 fully saturated rings. The van der Waals surface area contributed by atoms with Gasteiger partial charge in [0.2, 0.25) is 0 Å². The van der Waals surface area contributed by atoms with Crippen LogP contribution >= 0.6 is 0 Å². The Bertz CT molecular complexity index is 582. The average Bonchev–Trinajstić information content (AvgIpc) is 2.45. The molecule has 2 aromatic rings. The van der Waals surface area contributed by atoms with Gasteiger partial charge in [-0.15, -0.1) is 13.2 Å². The van der Waals surface area contributed by atoms with Gasteiger partial charge in [-0.05, 0) is 23.8 Å². The zero-order valence-corrected chi connectivity index (χ0v) is 11.1. The monoisotopic (exact) mass is 297 g/mol. The van der Waals surface area contributed by atoms with Crippen LogP contribution in [0.4, 0.5) is 13.2 Å². The van der Waals surface area contributed by atoms with Crippen molar-refractivity contribution in [2.24, 2.45) is 5.73 Å². The van der Waals surface area contributed by atoms with E-state index < -0.39 is 6.36 Å². The Hall–Kier alpha value is -2.21. The molecule has 0 saturated heterocycles. The molecular formula is C15H14F3NO2. The summed E-state index contributed by atoms with van der Waals surface area (Å²) < 4.78 is 45.5. The smallest absolute Gasteiger partial charge is 0.489 e. The first-order chi connectivity index (χ1) is 9.98. The van der Waals surface area contributed by atoms with E-state index in [1.165, 1.54) is 24.3 Å². The minimum Gasteiger partial charge on any atom is -0.489 e. The van der Waals surface area contributed by atoms with Crippen LogP contribution in [0, 0.1) is 0 Å². The van der Waals surface area contributed by atoms with E-state index in [1.54, 1.807) is 6.07 Å². The molecule has 0 amide bonds. The first-order valence-electron chi connectivity index (χ1n) is 6.23. The summed E-state index contributed by atoms with van der Waals surface area (Å²) >= 11 is 0. The fourth-order valence-electron chi connectivity index (χ4n) is 1.76. The SMILES string of the molecule is NCc1ccccc1OCc1ccc(OC(F)(F)F)cc1. The number of rotatable bonds is 5. The highest BCUT2D eigenvalue weighted by molar-refractivity contribution is 5.33. The first-order valence-corrected chi connectivity index (χ1v) is 6.23. The number of ether oxygens (including phenoxy) is 2. The van der Waals surface area contributed by atoms with Crippen LogP contribution < -0.4 is 15.2 Å². The number of hydrogen-bond acceptors (Lipinski definition) is 3. The normalized spacial score (nSPS) is 11.2. The number of halogens is 3. The van der Waals surface area contributed by atoms with Gasteiger partial charge in [-0.2, -0.15) is 0 Å². The second-order valence-corrected chi connectivity index (χ2v) is 4.29. The third kappa shape index (κ3) is 4.68. The fraction of sp³-hybridized carbons (Fsp3) is 0.200. The van der Waals surface area contributed by atoms with Crippen molar-refractivity contribution in [2.45, 2.75) is 19.5 Å². The van der Waals surface area contributed by atoms with Crippen LogP contribution in [0.2, 0.25) is 0 Å². The number of nitrogens with two attached hydrogens (primary N) is 1. The van der Waals surface area contributed by atoms with Crippen LogP contribution in [0.15, 0.2) is 48.5 Å². The molecule has 0 saturated carbocycles. The Kier molecular flexibility index (Phi) is 4.70. The summed E-state index contributed by atoms with van der Waals surface area (Å²) in [6, 6.07) is 12.9. The van der Waals surface area contributed by atoms with Crippen LogP contribution in [0.3, 0.4) is 0 Å². The Morgan fingerprint density at radius 2 is 1.62 bits per heavy atom. The maximum Gasteiger partial charge on any atom is 0.573 e. The summed E-state index contributed by atoms with van der Waals surface area (Å²) in [6.45, 7) is 0.595. The molecule has 0 aliphatic carbocycles. The summed E-state index contributed by atoms with van der Waals surface area (Å²) in [7, 11) is 0. The standard InChI is InChI=1S/C15H14F3NO2/c16-15(17,18)21-13-7-5-11(6-8-13)10-20-14-4-2-1-3-12(14)9-19/h1-8H,9-10,19H2. The summed E-state index contributed by atoms with van der Waals surface area (Å²) in [4.78, 5) is 0. The topological polar surface area (TPSA) is 44.5 Å². The maximum absolute atomic E-state index is 12.0. The molecule has 21 heavy (non-hydrogen) atoms. The molecule has 0 heterocycles. The van der Waals surface area contributed by atoms with Crippen molar-refractivity contribution in [3.05, 3.63) is 59.7 Å². The molecule has 0 unspecified atom stereocenters. The van der Waals surface area contributed by atoms with E-state index in [2.05, 4.69) is 4.74 Å². The van der Waals surface area contributed by atoms with Crippen molar-refractivity contribution < 1.29 is 22.6 Å². The molecule has 6 heteroatoms. The van der Waals surface area contributed by atoms with E-state index in [1.807, 2.05) is 18.2 Å². The quantitative estimate of drug-likeness (QED) is 0.916. The average molecular weight is 297 g/mol. The predicted molar refractivity (Wildman–Crippen MR) is 71.8 cm³/mol.